The van der Waals surface area contributed by atoms with Crippen LogP contribution in [0, 0.1) is 0 Å². The van der Waals surface area contributed by atoms with Crippen LogP contribution in [0.4, 0.5) is 11.4 Å². The summed E-state index contributed by atoms with van der Waals surface area (Å²) >= 11 is 12.1. The zero-order valence-corrected chi connectivity index (χ0v) is 21.4. The second-order valence-corrected chi connectivity index (χ2v) is 9.12. The SMILES string of the molecule is CC(Oc1ccc(Cl)cc1Cl)C(=O)Nc1ccc2c(c1)N(CCCOc1ccccc1)C(=O)C(C)O2. The summed E-state index contributed by atoms with van der Waals surface area (Å²) in [5.74, 6) is 1.17. The minimum Gasteiger partial charge on any atom is -0.494 e. The molecule has 9 heteroatoms. The van der Waals surface area contributed by atoms with E-state index in [1.54, 1.807) is 55.1 Å². The van der Waals surface area contributed by atoms with E-state index in [2.05, 4.69) is 5.32 Å². The minimum absolute atomic E-state index is 0.153. The normalized spacial score (nSPS) is 15.5. The van der Waals surface area contributed by atoms with E-state index >= 15 is 0 Å². The summed E-state index contributed by atoms with van der Waals surface area (Å²) in [6.45, 7) is 4.23. The van der Waals surface area contributed by atoms with Gasteiger partial charge < -0.3 is 24.4 Å². The number of fused-ring (bicyclic) bond motifs is 1. The van der Waals surface area contributed by atoms with E-state index in [0.717, 1.165) is 5.75 Å². The summed E-state index contributed by atoms with van der Waals surface area (Å²) in [4.78, 5) is 27.3. The largest absolute Gasteiger partial charge is 0.494 e. The Hall–Kier alpha value is -3.42. The predicted molar refractivity (Wildman–Crippen MR) is 141 cm³/mol. The number of ether oxygens (including phenoxy) is 3. The Bertz CT molecular complexity index is 1240. The van der Waals surface area contributed by atoms with Crippen LogP contribution >= 0.6 is 23.2 Å². The average Bonchev–Trinajstić information content (AvgIpc) is 2.86. The first-order valence-corrected chi connectivity index (χ1v) is 12.3. The standard InChI is InChI=1S/C27H26Cl2N2O5/c1-17(35-24-11-9-19(28)15-22(24)29)26(32)30-20-10-12-25-23(16-20)31(27(33)18(2)36-25)13-6-14-34-21-7-4-3-5-8-21/h3-5,7-12,15-18H,6,13-14H2,1-2H3,(H,30,32). The monoisotopic (exact) mass is 528 g/mol. The lowest BCUT2D eigenvalue weighted by Crippen LogP contribution is -2.45. The molecular weight excluding hydrogens is 503 g/mol. The number of benzene rings is 3. The number of nitrogens with one attached hydrogen (secondary N) is 1. The third kappa shape index (κ3) is 6.22. The van der Waals surface area contributed by atoms with Gasteiger partial charge in [-0.2, -0.15) is 0 Å². The highest BCUT2D eigenvalue weighted by atomic mass is 35.5. The first-order chi connectivity index (χ1) is 17.3. The van der Waals surface area contributed by atoms with Crippen molar-refractivity contribution in [3.05, 3.63) is 76.8 Å². The Morgan fingerprint density at radius 2 is 1.89 bits per heavy atom. The topological polar surface area (TPSA) is 77.1 Å². The maximum atomic E-state index is 12.9. The molecule has 4 rings (SSSR count). The molecule has 0 aliphatic carbocycles. The van der Waals surface area contributed by atoms with Gasteiger partial charge in [0.05, 0.1) is 17.3 Å². The van der Waals surface area contributed by atoms with Gasteiger partial charge in [0.2, 0.25) is 0 Å². The molecule has 0 radical (unpaired) electrons. The first kappa shape index (κ1) is 25.7. The van der Waals surface area contributed by atoms with Crippen molar-refractivity contribution in [3.63, 3.8) is 0 Å². The maximum absolute atomic E-state index is 12.9. The second-order valence-electron chi connectivity index (χ2n) is 8.27. The van der Waals surface area contributed by atoms with E-state index in [4.69, 9.17) is 37.4 Å². The molecule has 1 aliphatic rings. The number of para-hydroxylation sites is 1. The van der Waals surface area contributed by atoms with Crippen molar-refractivity contribution < 1.29 is 23.8 Å². The summed E-state index contributed by atoms with van der Waals surface area (Å²) in [5.41, 5.74) is 1.10. The van der Waals surface area contributed by atoms with E-state index in [0.29, 0.717) is 52.5 Å². The molecule has 0 spiro atoms. The molecule has 0 bridgehead atoms. The molecule has 1 heterocycles. The number of carbonyl (C=O) groups is 2. The fourth-order valence-corrected chi connectivity index (χ4v) is 4.16. The van der Waals surface area contributed by atoms with Gasteiger partial charge in [0, 0.05) is 17.3 Å². The summed E-state index contributed by atoms with van der Waals surface area (Å²) < 4.78 is 17.2. The van der Waals surface area contributed by atoms with Crippen LogP contribution in [-0.2, 0) is 9.59 Å². The quantitative estimate of drug-likeness (QED) is 0.345. The number of hydrogen-bond acceptors (Lipinski definition) is 5. The predicted octanol–water partition coefficient (Wildman–Crippen LogP) is 5.98. The maximum Gasteiger partial charge on any atom is 0.267 e. The molecule has 7 nitrogen and oxygen atoms in total. The third-order valence-corrected chi connectivity index (χ3v) is 6.07. The van der Waals surface area contributed by atoms with Crippen LogP contribution in [0.5, 0.6) is 17.2 Å². The number of halogens is 2. The van der Waals surface area contributed by atoms with Crippen LogP contribution in [0.3, 0.4) is 0 Å². The third-order valence-electron chi connectivity index (χ3n) is 5.54. The molecule has 3 aromatic rings. The van der Waals surface area contributed by atoms with Gasteiger partial charge in [0.15, 0.2) is 12.2 Å². The van der Waals surface area contributed by atoms with Crippen molar-refractivity contribution in [3.8, 4) is 17.2 Å². The van der Waals surface area contributed by atoms with Crippen LogP contribution in [0.2, 0.25) is 10.0 Å². The summed E-state index contributed by atoms with van der Waals surface area (Å²) in [6.07, 6.45) is -0.815. The Balaban J connectivity index is 1.41. The molecule has 0 fully saturated rings. The highest BCUT2D eigenvalue weighted by molar-refractivity contribution is 6.35. The molecule has 0 saturated carbocycles. The highest BCUT2D eigenvalue weighted by Gasteiger charge is 2.31. The van der Waals surface area contributed by atoms with Crippen molar-refractivity contribution in [2.45, 2.75) is 32.5 Å². The Kier molecular flexibility index (Phi) is 8.23. The zero-order valence-electron chi connectivity index (χ0n) is 19.9. The summed E-state index contributed by atoms with van der Waals surface area (Å²) in [6, 6.07) is 19.5. The lowest BCUT2D eigenvalue weighted by molar-refractivity contribution is -0.125. The van der Waals surface area contributed by atoms with E-state index in [-0.39, 0.29) is 11.8 Å². The second kappa shape index (κ2) is 11.5. The van der Waals surface area contributed by atoms with E-state index < -0.39 is 12.2 Å². The summed E-state index contributed by atoms with van der Waals surface area (Å²) in [7, 11) is 0. The van der Waals surface area contributed by atoms with Gasteiger partial charge in [-0.1, -0.05) is 41.4 Å². The number of nitrogens with zero attached hydrogens (tertiary/aromatic N) is 1. The zero-order chi connectivity index (χ0) is 25.7. The van der Waals surface area contributed by atoms with Crippen molar-refractivity contribution >= 4 is 46.4 Å². The van der Waals surface area contributed by atoms with Gasteiger partial charge in [-0.15, -0.1) is 0 Å². The van der Waals surface area contributed by atoms with Gasteiger partial charge >= 0.3 is 0 Å². The van der Waals surface area contributed by atoms with Crippen molar-refractivity contribution in [1.29, 1.82) is 0 Å². The minimum atomic E-state index is -0.830. The fraction of sp³-hybridized carbons (Fsp3) is 0.259. The lowest BCUT2D eigenvalue weighted by atomic mass is 10.1. The number of carbonyl (C=O) groups excluding carboxylic acids is 2. The summed E-state index contributed by atoms with van der Waals surface area (Å²) in [5, 5.41) is 3.61. The van der Waals surface area contributed by atoms with Crippen molar-refractivity contribution in [2.75, 3.05) is 23.4 Å². The fourth-order valence-electron chi connectivity index (χ4n) is 3.70. The highest BCUT2D eigenvalue weighted by Crippen LogP contribution is 2.36. The molecule has 2 unspecified atom stereocenters. The van der Waals surface area contributed by atoms with Crippen LogP contribution in [0.25, 0.3) is 0 Å². The van der Waals surface area contributed by atoms with E-state index in [1.807, 2.05) is 30.3 Å². The Labute approximate surface area is 219 Å². The lowest BCUT2D eigenvalue weighted by Gasteiger charge is -2.33. The molecule has 0 aromatic heterocycles. The number of anilines is 2. The van der Waals surface area contributed by atoms with Crippen LogP contribution < -0.4 is 24.4 Å². The number of amides is 2. The molecule has 2 atom stereocenters. The molecule has 1 aliphatic heterocycles. The molecular formula is C27H26Cl2N2O5. The smallest absolute Gasteiger partial charge is 0.267 e. The molecule has 188 valence electrons. The average molecular weight is 529 g/mol. The number of hydrogen-bond donors (Lipinski definition) is 1. The molecule has 0 saturated heterocycles. The van der Waals surface area contributed by atoms with Gasteiger partial charge in [-0.25, -0.2) is 0 Å². The molecule has 1 N–H and O–H groups in total. The van der Waals surface area contributed by atoms with Gasteiger partial charge in [-0.05, 0) is 68.8 Å². The first-order valence-electron chi connectivity index (χ1n) is 11.5. The van der Waals surface area contributed by atoms with Crippen LogP contribution in [0.15, 0.2) is 66.7 Å². The van der Waals surface area contributed by atoms with E-state index in [9.17, 15) is 9.59 Å². The Morgan fingerprint density at radius 3 is 2.64 bits per heavy atom. The van der Waals surface area contributed by atoms with Gasteiger partial charge in [0.1, 0.15) is 17.2 Å². The van der Waals surface area contributed by atoms with Crippen molar-refractivity contribution in [2.24, 2.45) is 0 Å². The van der Waals surface area contributed by atoms with Crippen LogP contribution in [0.1, 0.15) is 20.3 Å². The Morgan fingerprint density at radius 1 is 1.11 bits per heavy atom. The van der Waals surface area contributed by atoms with Crippen LogP contribution in [-0.4, -0.2) is 37.2 Å². The van der Waals surface area contributed by atoms with Gasteiger partial charge in [-0.3, -0.25) is 9.59 Å². The molecule has 2 amide bonds. The molecule has 36 heavy (non-hydrogen) atoms. The molecule has 3 aromatic carbocycles. The van der Waals surface area contributed by atoms with E-state index in [1.165, 1.54) is 0 Å². The number of rotatable bonds is 9. The van der Waals surface area contributed by atoms with Gasteiger partial charge in [0.25, 0.3) is 11.8 Å². The van der Waals surface area contributed by atoms with Crippen molar-refractivity contribution in [1.82, 2.24) is 0 Å².